The average molecular weight is 359 g/mol. The number of hydrogen-bond acceptors (Lipinski definition) is 3. The molecular formula is C23H25N3O. The molecule has 4 nitrogen and oxygen atoms in total. The second-order valence-electron chi connectivity index (χ2n) is 7.98. The van der Waals surface area contributed by atoms with Crippen LogP contribution in [0.15, 0.2) is 73.1 Å². The first-order chi connectivity index (χ1) is 13.2. The van der Waals surface area contributed by atoms with Gasteiger partial charge in [0.25, 0.3) is 0 Å². The smallest absolute Gasteiger partial charge is 0.0926 e. The minimum Gasteiger partial charge on any atom is -0.385 e. The van der Waals surface area contributed by atoms with Crippen molar-refractivity contribution in [2.45, 2.75) is 49.9 Å². The molecule has 1 N–H and O–H groups in total. The second-order valence-corrected chi connectivity index (χ2v) is 7.98. The molecule has 2 aliphatic heterocycles. The van der Waals surface area contributed by atoms with E-state index in [2.05, 4.69) is 64.6 Å². The molecule has 0 saturated carbocycles. The molecule has 2 aliphatic rings. The number of benzene rings is 2. The molecule has 4 heteroatoms. The molecule has 138 valence electrons. The van der Waals surface area contributed by atoms with Crippen molar-refractivity contribution >= 4 is 0 Å². The van der Waals surface area contributed by atoms with Crippen LogP contribution in [0.5, 0.6) is 0 Å². The Labute approximate surface area is 160 Å². The predicted octanol–water partition coefficient (Wildman–Crippen LogP) is 3.89. The zero-order valence-electron chi connectivity index (χ0n) is 15.4. The van der Waals surface area contributed by atoms with Gasteiger partial charge >= 0.3 is 0 Å². The summed E-state index contributed by atoms with van der Waals surface area (Å²) >= 11 is 0. The molecule has 1 aromatic heterocycles. The molecular weight excluding hydrogens is 334 g/mol. The van der Waals surface area contributed by atoms with E-state index in [0.717, 1.165) is 30.6 Å². The third-order valence-electron chi connectivity index (χ3n) is 6.30. The monoisotopic (exact) mass is 359 g/mol. The topological polar surface area (TPSA) is 41.3 Å². The van der Waals surface area contributed by atoms with Crippen LogP contribution in [0.3, 0.4) is 0 Å². The van der Waals surface area contributed by atoms with Crippen LogP contribution in [0.25, 0.3) is 5.69 Å². The van der Waals surface area contributed by atoms with Gasteiger partial charge in [-0.05, 0) is 55.0 Å². The van der Waals surface area contributed by atoms with Crippen molar-refractivity contribution in [1.82, 2.24) is 14.7 Å². The van der Waals surface area contributed by atoms with Crippen LogP contribution in [-0.4, -0.2) is 31.9 Å². The van der Waals surface area contributed by atoms with E-state index in [0.29, 0.717) is 12.1 Å². The first-order valence-electron chi connectivity index (χ1n) is 9.84. The van der Waals surface area contributed by atoms with Gasteiger partial charge in [-0.25, -0.2) is 4.68 Å². The first kappa shape index (κ1) is 16.7. The maximum Gasteiger partial charge on any atom is 0.0926 e. The number of aliphatic hydroxyl groups is 1. The van der Waals surface area contributed by atoms with E-state index >= 15 is 0 Å². The highest BCUT2D eigenvalue weighted by molar-refractivity contribution is 5.37. The Bertz CT molecular complexity index is 875. The molecule has 0 radical (unpaired) electrons. The lowest BCUT2D eigenvalue weighted by Crippen LogP contribution is -2.49. The summed E-state index contributed by atoms with van der Waals surface area (Å²) in [5.41, 5.74) is 2.71. The minimum absolute atomic E-state index is 0.458. The predicted molar refractivity (Wildman–Crippen MR) is 105 cm³/mol. The summed E-state index contributed by atoms with van der Waals surface area (Å²) in [6.07, 6.45) is 7.72. The summed E-state index contributed by atoms with van der Waals surface area (Å²) in [5.74, 6) is 0. The van der Waals surface area contributed by atoms with Gasteiger partial charge in [0.15, 0.2) is 0 Å². The number of piperidine rings is 1. The largest absolute Gasteiger partial charge is 0.385 e. The average Bonchev–Trinajstić information content (AvgIpc) is 3.31. The Hall–Kier alpha value is -2.43. The molecule has 0 aliphatic carbocycles. The van der Waals surface area contributed by atoms with Gasteiger partial charge in [0, 0.05) is 31.0 Å². The van der Waals surface area contributed by atoms with Gasteiger partial charge in [0.2, 0.25) is 0 Å². The van der Waals surface area contributed by atoms with Crippen LogP contribution < -0.4 is 0 Å². The highest BCUT2D eigenvalue weighted by atomic mass is 16.3. The first-order valence-corrected chi connectivity index (χ1v) is 9.84. The lowest BCUT2D eigenvalue weighted by atomic mass is 9.80. The van der Waals surface area contributed by atoms with E-state index in [-0.39, 0.29) is 0 Å². The maximum atomic E-state index is 11.5. The molecule has 2 fully saturated rings. The summed E-state index contributed by atoms with van der Waals surface area (Å²) in [4.78, 5) is 2.61. The number of hydrogen-bond donors (Lipinski definition) is 1. The maximum absolute atomic E-state index is 11.5. The number of rotatable bonds is 4. The third-order valence-corrected chi connectivity index (χ3v) is 6.30. The summed E-state index contributed by atoms with van der Waals surface area (Å²) < 4.78 is 1.85. The fourth-order valence-corrected chi connectivity index (χ4v) is 4.95. The van der Waals surface area contributed by atoms with Crippen LogP contribution in [-0.2, 0) is 12.1 Å². The van der Waals surface area contributed by atoms with Crippen molar-refractivity contribution in [3.8, 4) is 5.69 Å². The number of aromatic nitrogens is 2. The molecule has 2 saturated heterocycles. The van der Waals surface area contributed by atoms with Crippen molar-refractivity contribution in [2.75, 3.05) is 0 Å². The van der Waals surface area contributed by atoms with Gasteiger partial charge in [-0.3, -0.25) is 4.90 Å². The van der Waals surface area contributed by atoms with Gasteiger partial charge in [-0.2, -0.15) is 5.10 Å². The molecule has 5 rings (SSSR count). The summed E-state index contributed by atoms with van der Waals surface area (Å²) in [6, 6.07) is 21.8. The minimum atomic E-state index is -0.721. The van der Waals surface area contributed by atoms with Crippen LogP contribution in [0.1, 0.15) is 36.8 Å². The van der Waals surface area contributed by atoms with Crippen molar-refractivity contribution in [2.24, 2.45) is 0 Å². The standard InChI is InChI=1S/C23H25N3O/c27-23(19-7-9-20(10-8-19)26-14-4-13-24-26)15-21-11-12-22(16-23)25(21)17-18-5-2-1-3-6-18/h1-10,13-14,21-22,27H,11-12,15-17H2. The SMILES string of the molecule is OC1(c2ccc(-n3cccn3)cc2)CC2CCC(C1)N2Cc1ccccc1. The molecule has 3 heterocycles. The zero-order chi connectivity index (χ0) is 18.3. The molecule has 2 unspecified atom stereocenters. The van der Waals surface area contributed by atoms with Gasteiger partial charge in [-0.1, -0.05) is 42.5 Å². The Morgan fingerprint density at radius 2 is 1.63 bits per heavy atom. The molecule has 2 bridgehead atoms. The van der Waals surface area contributed by atoms with Crippen LogP contribution in [0, 0.1) is 0 Å². The van der Waals surface area contributed by atoms with Crippen LogP contribution >= 0.6 is 0 Å². The van der Waals surface area contributed by atoms with E-state index < -0.39 is 5.60 Å². The second kappa shape index (κ2) is 6.63. The van der Waals surface area contributed by atoms with Crippen LogP contribution in [0.2, 0.25) is 0 Å². The van der Waals surface area contributed by atoms with E-state index in [1.165, 1.54) is 18.4 Å². The summed E-state index contributed by atoms with van der Waals surface area (Å²) in [6.45, 7) is 0.991. The quantitative estimate of drug-likeness (QED) is 0.768. The van der Waals surface area contributed by atoms with Crippen LogP contribution in [0.4, 0.5) is 0 Å². The lowest BCUT2D eigenvalue weighted by molar-refractivity contribution is -0.0595. The molecule has 2 aromatic carbocycles. The van der Waals surface area contributed by atoms with E-state index in [1.54, 1.807) is 6.20 Å². The van der Waals surface area contributed by atoms with Gasteiger partial charge in [-0.15, -0.1) is 0 Å². The van der Waals surface area contributed by atoms with Crippen molar-refractivity contribution in [3.63, 3.8) is 0 Å². The highest BCUT2D eigenvalue weighted by Crippen LogP contribution is 2.46. The summed E-state index contributed by atoms with van der Waals surface area (Å²) in [7, 11) is 0. The molecule has 3 aromatic rings. The Morgan fingerprint density at radius 1 is 0.926 bits per heavy atom. The third kappa shape index (κ3) is 3.09. The summed E-state index contributed by atoms with van der Waals surface area (Å²) in [5, 5.41) is 15.8. The fraction of sp³-hybridized carbons (Fsp3) is 0.348. The van der Waals surface area contributed by atoms with Gasteiger partial charge in [0.1, 0.15) is 0 Å². The number of nitrogens with zero attached hydrogens (tertiary/aromatic N) is 3. The van der Waals surface area contributed by atoms with Gasteiger partial charge in [0.05, 0.1) is 11.3 Å². The van der Waals surface area contributed by atoms with Crippen molar-refractivity contribution in [1.29, 1.82) is 0 Å². The van der Waals surface area contributed by atoms with E-state index in [1.807, 2.05) is 16.9 Å². The Balaban J connectivity index is 1.35. The number of fused-ring (bicyclic) bond motifs is 2. The molecule has 0 amide bonds. The molecule has 0 spiro atoms. The van der Waals surface area contributed by atoms with E-state index in [9.17, 15) is 5.11 Å². The Morgan fingerprint density at radius 3 is 2.26 bits per heavy atom. The Kier molecular flexibility index (Phi) is 4.10. The molecule has 27 heavy (non-hydrogen) atoms. The van der Waals surface area contributed by atoms with Gasteiger partial charge < -0.3 is 5.11 Å². The fourth-order valence-electron chi connectivity index (χ4n) is 4.95. The normalized spacial score (nSPS) is 27.7. The van der Waals surface area contributed by atoms with E-state index in [4.69, 9.17) is 0 Å². The molecule has 2 atom stereocenters. The highest BCUT2D eigenvalue weighted by Gasteiger charge is 2.48. The van der Waals surface area contributed by atoms with Crippen molar-refractivity contribution in [3.05, 3.63) is 84.2 Å². The van der Waals surface area contributed by atoms with Crippen molar-refractivity contribution < 1.29 is 5.11 Å². The lowest BCUT2D eigenvalue weighted by Gasteiger charge is -2.44. The zero-order valence-corrected chi connectivity index (χ0v) is 15.4.